The molecule has 8 heteroatoms. The zero-order valence-corrected chi connectivity index (χ0v) is 21.8. The molecule has 3 heterocycles. The average Bonchev–Trinajstić information content (AvgIpc) is 3.66. The fourth-order valence-corrected chi connectivity index (χ4v) is 5.90. The van der Waals surface area contributed by atoms with Crippen LogP contribution in [0.5, 0.6) is 5.75 Å². The minimum Gasteiger partial charge on any atom is -0.493 e. The lowest BCUT2D eigenvalue weighted by molar-refractivity contribution is -0.131. The maximum absolute atomic E-state index is 14.6. The van der Waals surface area contributed by atoms with Crippen molar-refractivity contribution in [3.8, 4) is 5.75 Å². The summed E-state index contributed by atoms with van der Waals surface area (Å²) in [5.41, 5.74) is 0.448. The molecule has 2 aliphatic heterocycles. The van der Waals surface area contributed by atoms with E-state index in [2.05, 4.69) is 21.8 Å². The summed E-state index contributed by atoms with van der Waals surface area (Å²) < 4.78 is 20.5. The van der Waals surface area contributed by atoms with Gasteiger partial charge in [-0.2, -0.15) is 0 Å². The van der Waals surface area contributed by atoms with E-state index >= 15 is 0 Å². The molecule has 6 nitrogen and oxygen atoms in total. The fraction of sp³-hybridized carbons (Fsp3) is 0.607. The number of hydrogen-bond acceptors (Lipinski definition) is 5. The molecular weight excluding hydrogens is 479 g/mol. The van der Waals surface area contributed by atoms with E-state index in [-0.39, 0.29) is 18.1 Å². The predicted octanol–water partition coefficient (Wildman–Crippen LogP) is 5.39. The van der Waals surface area contributed by atoms with Crippen molar-refractivity contribution >= 4 is 23.5 Å². The number of halogens is 2. The van der Waals surface area contributed by atoms with Crippen LogP contribution in [0, 0.1) is 29.5 Å². The first-order chi connectivity index (χ1) is 17.5. The van der Waals surface area contributed by atoms with Gasteiger partial charge in [-0.05, 0) is 73.8 Å². The maximum Gasteiger partial charge on any atom is 0.227 e. The topological polar surface area (TPSA) is 58.6 Å². The van der Waals surface area contributed by atoms with Gasteiger partial charge in [0.15, 0.2) is 0 Å². The molecule has 0 radical (unpaired) electrons. The Bertz CT molecular complexity index is 1040. The summed E-state index contributed by atoms with van der Waals surface area (Å²) in [7, 11) is 0. The van der Waals surface area contributed by atoms with E-state index < -0.39 is 0 Å². The highest BCUT2D eigenvalue weighted by Gasteiger charge is 2.43. The SMILES string of the molecule is CC1CCN(C(=O)Cc2ccc(OCCC3CC3C3CCN(c4ncc(Cl)cn4)CC3)cc2F)CC1. The number of amides is 1. The van der Waals surface area contributed by atoms with Gasteiger partial charge in [-0.25, -0.2) is 14.4 Å². The zero-order chi connectivity index (χ0) is 25.1. The van der Waals surface area contributed by atoms with E-state index in [9.17, 15) is 9.18 Å². The Morgan fingerprint density at radius 2 is 1.83 bits per heavy atom. The average molecular weight is 515 g/mol. The number of nitrogens with zero attached hydrogens (tertiary/aromatic N) is 4. The molecule has 194 valence electrons. The molecule has 2 atom stereocenters. The van der Waals surface area contributed by atoms with Gasteiger partial charge in [0.2, 0.25) is 11.9 Å². The minimum absolute atomic E-state index is 0.0146. The summed E-state index contributed by atoms with van der Waals surface area (Å²) >= 11 is 5.90. The molecule has 3 fully saturated rings. The summed E-state index contributed by atoms with van der Waals surface area (Å²) in [6.45, 7) is 6.34. The number of hydrogen-bond donors (Lipinski definition) is 0. The van der Waals surface area contributed by atoms with Gasteiger partial charge < -0.3 is 14.5 Å². The number of ether oxygens (including phenoxy) is 1. The summed E-state index contributed by atoms with van der Waals surface area (Å²) in [6.07, 6.45) is 10.1. The van der Waals surface area contributed by atoms with Gasteiger partial charge in [-0.1, -0.05) is 24.6 Å². The molecule has 1 aliphatic carbocycles. The summed E-state index contributed by atoms with van der Waals surface area (Å²) in [4.78, 5) is 25.3. The van der Waals surface area contributed by atoms with Crippen LogP contribution in [-0.2, 0) is 11.2 Å². The Balaban J connectivity index is 1.02. The van der Waals surface area contributed by atoms with Crippen molar-refractivity contribution in [3.63, 3.8) is 0 Å². The lowest BCUT2D eigenvalue weighted by atomic mass is 9.90. The van der Waals surface area contributed by atoms with E-state index in [0.717, 1.165) is 76.1 Å². The van der Waals surface area contributed by atoms with Crippen LogP contribution in [0.4, 0.5) is 10.3 Å². The number of likely N-dealkylation sites (tertiary alicyclic amines) is 1. The fourth-order valence-electron chi connectivity index (χ4n) is 5.80. The van der Waals surface area contributed by atoms with Crippen molar-refractivity contribution in [3.05, 3.63) is 47.0 Å². The monoisotopic (exact) mass is 514 g/mol. The van der Waals surface area contributed by atoms with Crippen LogP contribution in [-0.4, -0.2) is 53.6 Å². The molecule has 2 aromatic rings. The highest BCUT2D eigenvalue weighted by molar-refractivity contribution is 6.30. The third-order valence-corrected chi connectivity index (χ3v) is 8.47. The number of benzene rings is 1. The second-order valence-electron chi connectivity index (χ2n) is 10.8. The number of carbonyl (C=O) groups is 1. The first-order valence-electron chi connectivity index (χ1n) is 13.4. The Morgan fingerprint density at radius 1 is 1.11 bits per heavy atom. The number of carbonyl (C=O) groups excluding carboxylic acids is 1. The van der Waals surface area contributed by atoms with Crippen LogP contribution >= 0.6 is 11.6 Å². The zero-order valence-electron chi connectivity index (χ0n) is 21.0. The molecule has 2 saturated heterocycles. The molecule has 2 unspecified atom stereocenters. The highest BCUT2D eigenvalue weighted by Crippen LogP contribution is 2.49. The third-order valence-electron chi connectivity index (χ3n) is 8.27. The Hall–Kier alpha value is -2.41. The van der Waals surface area contributed by atoms with E-state index in [1.165, 1.54) is 12.5 Å². The highest BCUT2D eigenvalue weighted by atomic mass is 35.5. The quantitative estimate of drug-likeness (QED) is 0.472. The smallest absolute Gasteiger partial charge is 0.227 e. The normalized spacial score (nSPS) is 23.1. The molecule has 1 aromatic heterocycles. The largest absolute Gasteiger partial charge is 0.493 e. The van der Waals surface area contributed by atoms with Crippen LogP contribution in [0.3, 0.4) is 0 Å². The van der Waals surface area contributed by atoms with Gasteiger partial charge in [-0.3, -0.25) is 4.79 Å². The van der Waals surface area contributed by atoms with E-state index in [0.29, 0.717) is 34.8 Å². The van der Waals surface area contributed by atoms with Crippen molar-refractivity contribution in [2.24, 2.45) is 23.7 Å². The Morgan fingerprint density at radius 3 is 2.53 bits per heavy atom. The Labute approximate surface area is 218 Å². The van der Waals surface area contributed by atoms with Crippen molar-refractivity contribution in [2.75, 3.05) is 37.7 Å². The standard InChI is InChI=1S/C28H36ClFN4O2/c1-19-4-9-33(10-5-19)27(35)15-22-2-3-24(16-26(22)30)36-13-8-21-14-25(21)20-6-11-34(12-7-20)28-31-17-23(29)18-32-28/h2-3,16-21,25H,4-15H2,1H3. The van der Waals surface area contributed by atoms with E-state index in [1.54, 1.807) is 24.5 Å². The molecular formula is C28H36ClFN4O2. The summed E-state index contributed by atoms with van der Waals surface area (Å²) in [5, 5.41) is 0.563. The van der Waals surface area contributed by atoms with Crippen molar-refractivity contribution < 1.29 is 13.9 Å². The van der Waals surface area contributed by atoms with Gasteiger partial charge in [0.05, 0.1) is 30.4 Å². The third kappa shape index (κ3) is 6.28. The molecule has 0 spiro atoms. The predicted molar refractivity (Wildman–Crippen MR) is 139 cm³/mol. The molecule has 36 heavy (non-hydrogen) atoms. The molecule has 5 rings (SSSR count). The lowest BCUT2D eigenvalue weighted by Gasteiger charge is -2.32. The van der Waals surface area contributed by atoms with E-state index in [4.69, 9.17) is 16.3 Å². The van der Waals surface area contributed by atoms with Crippen LogP contribution in [0.15, 0.2) is 30.6 Å². The lowest BCUT2D eigenvalue weighted by Crippen LogP contribution is -2.38. The molecule has 1 amide bonds. The van der Waals surface area contributed by atoms with Crippen LogP contribution in [0.1, 0.15) is 51.0 Å². The van der Waals surface area contributed by atoms with Crippen molar-refractivity contribution in [1.29, 1.82) is 0 Å². The number of anilines is 1. The number of aromatic nitrogens is 2. The first-order valence-corrected chi connectivity index (χ1v) is 13.8. The van der Waals surface area contributed by atoms with Gasteiger partial charge in [0, 0.05) is 32.2 Å². The number of rotatable bonds is 8. The summed E-state index contributed by atoms with van der Waals surface area (Å²) in [5.74, 6) is 3.85. The van der Waals surface area contributed by atoms with Crippen LogP contribution in [0.2, 0.25) is 5.02 Å². The molecule has 1 saturated carbocycles. The van der Waals surface area contributed by atoms with Gasteiger partial charge >= 0.3 is 0 Å². The molecule has 1 aromatic carbocycles. The molecule has 0 N–H and O–H groups in total. The molecule has 3 aliphatic rings. The van der Waals surface area contributed by atoms with Crippen molar-refractivity contribution in [1.82, 2.24) is 14.9 Å². The van der Waals surface area contributed by atoms with E-state index in [1.807, 2.05) is 4.90 Å². The van der Waals surface area contributed by atoms with Crippen LogP contribution < -0.4 is 9.64 Å². The molecule has 0 bridgehead atoms. The second-order valence-corrected chi connectivity index (χ2v) is 11.3. The van der Waals surface area contributed by atoms with Gasteiger partial charge in [0.25, 0.3) is 0 Å². The maximum atomic E-state index is 14.6. The van der Waals surface area contributed by atoms with Crippen LogP contribution in [0.25, 0.3) is 0 Å². The minimum atomic E-state index is -0.355. The number of piperidine rings is 2. The van der Waals surface area contributed by atoms with Crippen molar-refractivity contribution in [2.45, 2.75) is 51.9 Å². The first kappa shape index (κ1) is 25.2. The van der Waals surface area contributed by atoms with Gasteiger partial charge in [-0.15, -0.1) is 0 Å². The van der Waals surface area contributed by atoms with Gasteiger partial charge in [0.1, 0.15) is 11.6 Å². The Kier molecular flexibility index (Phi) is 7.94. The second kappa shape index (κ2) is 11.3. The summed E-state index contributed by atoms with van der Waals surface area (Å²) in [6, 6.07) is 4.93.